The number of halogens is 3. The van der Waals surface area contributed by atoms with Crippen LogP contribution in [-0.4, -0.2) is 16.2 Å². The van der Waals surface area contributed by atoms with Crippen LogP contribution >= 0.6 is 47.4 Å². The molecule has 4 rings (SSSR count). The predicted molar refractivity (Wildman–Crippen MR) is 130 cm³/mol. The van der Waals surface area contributed by atoms with Crippen LogP contribution in [0.2, 0.25) is 10.0 Å². The van der Waals surface area contributed by atoms with E-state index in [1.165, 1.54) is 5.56 Å². The fourth-order valence-electron chi connectivity index (χ4n) is 3.02. The number of hydrogen-bond donors (Lipinski definition) is 0. The lowest BCUT2D eigenvalue weighted by molar-refractivity contribution is 0.317. The van der Waals surface area contributed by atoms with Crippen LogP contribution in [0.25, 0.3) is 16.7 Å². The molecule has 0 radical (unpaired) electrons. The molecule has 1 heterocycles. The molecule has 0 aliphatic heterocycles. The number of rotatable bonds is 7. The molecule has 0 N–H and O–H groups in total. The number of fused-ring (bicyclic) bond motifs is 1. The van der Waals surface area contributed by atoms with Crippen LogP contribution in [0.15, 0.2) is 71.9 Å². The highest BCUT2D eigenvalue weighted by Crippen LogP contribution is 2.32. The lowest BCUT2D eigenvalue weighted by Gasteiger charge is -2.11. The largest absolute Gasteiger partial charge is 0.494 e. The summed E-state index contributed by atoms with van der Waals surface area (Å²) in [7, 11) is 0. The molecular formula is C23H21Cl3N2OS. The Morgan fingerprint density at radius 3 is 2.33 bits per heavy atom. The molecule has 3 nitrogen and oxygen atoms in total. The van der Waals surface area contributed by atoms with Gasteiger partial charge in [-0.2, -0.15) is 0 Å². The van der Waals surface area contributed by atoms with E-state index in [0.717, 1.165) is 44.8 Å². The number of imidazole rings is 1. The van der Waals surface area contributed by atoms with Crippen molar-refractivity contribution in [3.05, 3.63) is 82.3 Å². The van der Waals surface area contributed by atoms with Gasteiger partial charge in [0.1, 0.15) is 5.75 Å². The Morgan fingerprint density at radius 2 is 1.63 bits per heavy atom. The van der Waals surface area contributed by atoms with Crippen LogP contribution in [0.1, 0.15) is 18.9 Å². The molecule has 0 atom stereocenters. The van der Waals surface area contributed by atoms with Crippen LogP contribution in [0, 0.1) is 0 Å². The fourth-order valence-corrected chi connectivity index (χ4v) is 4.29. The number of thioether (sulfide) groups is 1. The van der Waals surface area contributed by atoms with Crippen molar-refractivity contribution < 1.29 is 4.74 Å². The lowest BCUT2D eigenvalue weighted by Crippen LogP contribution is -1.98. The first-order valence-corrected chi connectivity index (χ1v) is 11.2. The third-order valence-corrected chi connectivity index (χ3v) is 5.93. The molecule has 0 spiro atoms. The van der Waals surface area contributed by atoms with E-state index in [0.29, 0.717) is 11.6 Å². The molecule has 0 fully saturated rings. The van der Waals surface area contributed by atoms with E-state index in [9.17, 15) is 0 Å². The Kier molecular flexibility index (Phi) is 7.95. The summed E-state index contributed by atoms with van der Waals surface area (Å²) in [6, 6.07) is 21.8. The third kappa shape index (κ3) is 5.25. The Hall–Kier alpha value is -1.85. The van der Waals surface area contributed by atoms with Gasteiger partial charge in [0.2, 0.25) is 0 Å². The molecule has 4 aromatic rings. The van der Waals surface area contributed by atoms with E-state index in [1.54, 1.807) is 11.8 Å². The molecule has 0 aliphatic carbocycles. The third-order valence-electron chi connectivity index (χ3n) is 4.43. The number of benzene rings is 3. The van der Waals surface area contributed by atoms with Crippen molar-refractivity contribution in [1.82, 2.24) is 9.55 Å². The molecule has 3 aromatic carbocycles. The first-order valence-electron chi connectivity index (χ1n) is 9.42. The minimum atomic E-state index is 0. The molecule has 7 heteroatoms. The Balaban J connectivity index is 0.00000256. The van der Waals surface area contributed by atoms with Crippen molar-refractivity contribution in [2.75, 3.05) is 6.61 Å². The lowest BCUT2D eigenvalue weighted by atomic mass is 10.2. The van der Waals surface area contributed by atoms with Gasteiger partial charge < -0.3 is 4.74 Å². The minimum absolute atomic E-state index is 0. The van der Waals surface area contributed by atoms with Crippen LogP contribution in [0.4, 0.5) is 0 Å². The van der Waals surface area contributed by atoms with Crippen molar-refractivity contribution in [3.63, 3.8) is 0 Å². The van der Waals surface area contributed by atoms with E-state index in [4.69, 9.17) is 32.9 Å². The van der Waals surface area contributed by atoms with Gasteiger partial charge in [0, 0.05) is 21.5 Å². The van der Waals surface area contributed by atoms with Crippen molar-refractivity contribution in [3.8, 4) is 11.4 Å². The number of ether oxygens (including phenoxy) is 1. The number of nitrogens with zero attached hydrogens (tertiary/aromatic N) is 2. The Morgan fingerprint density at radius 1 is 0.933 bits per heavy atom. The maximum absolute atomic E-state index is 6.20. The van der Waals surface area contributed by atoms with Gasteiger partial charge in [0.05, 0.1) is 17.6 Å². The number of hydrogen-bond acceptors (Lipinski definition) is 3. The van der Waals surface area contributed by atoms with Gasteiger partial charge in [0.15, 0.2) is 5.16 Å². The summed E-state index contributed by atoms with van der Waals surface area (Å²) in [6.45, 7) is 2.81. The van der Waals surface area contributed by atoms with Gasteiger partial charge in [-0.1, -0.05) is 54.0 Å². The topological polar surface area (TPSA) is 27.1 Å². The first-order chi connectivity index (χ1) is 14.1. The molecule has 0 amide bonds. The second-order valence-electron chi connectivity index (χ2n) is 6.62. The smallest absolute Gasteiger partial charge is 0.174 e. The molecule has 0 bridgehead atoms. The average molecular weight is 480 g/mol. The SMILES string of the molecule is CCCOc1ccc(-n2c(SCc3ccc(Cl)cc3)nc3cc(Cl)ccc32)cc1.Cl. The van der Waals surface area contributed by atoms with Crippen LogP contribution in [-0.2, 0) is 5.75 Å². The van der Waals surface area contributed by atoms with Gasteiger partial charge in [-0.25, -0.2) is 4.98 Å². The maximum Gasteiger partial charge on any atom is 0.174 e. The van der Waals surface area contributed by atoms with E-state index in [-0.39, 0.29) is 12.4 Å². The summed E-state index contributed by atoms with van der Waals surface area (Å²) in [4.78, 5) is 4.84. The Bertz CT molecular complexity index is 1110. The predicted octanol–water partition coefficient (Wildman–Crippen LogP) is 7.84. The van der Waals surface area contributed by atoms with E-state index in [1.807, 2.05) is 54.6 Å². The first kappa shape index (κ1) is 22.8. The monoisotopic (exact) mass is 478 g/mol. The van der Waals surface area contributed by atoms with E-state index < -0.39 is 0 Å². The quantitative estimate of drug-likeness (QED) is 0.253. The summed E-state index contributed by atoms with van der Waals surface area (Å²) >= 11 is 13.9. The highest BCUT2D eigenvalue weighted by atomic mass is 35.5. The van der Waals surface area contributed by atoms with Crippen LogP contribution in [0.3, 0.4) is 0 Å². The second kappa shape index (κ2) is 10.5. The zero-order valence-corrected chi connectivity index (χ0v) is 19.5. The van der Waals surface area contributed by atoms with E-state index >= 15 is 0 Å². The van der Waals surface area contributed by atoms with Crippen molar-refractivity contribution in [2.24, 2.45) is 0 Å². The molecule has 30 heavy (non-hydrogen) atoms. The zero-order valence-electron chi connectivity index (χ0n) is 16.3. The minimum Gasteiger partial charge on any atom is -0.494 e. The summed E-state index contributed by atoms with van der Waals surface area (Å²) in [5.41, 5.74) is 4.13. The number of aromatic nitrogens is 2. The van der Waals surface area contributed by atoms with Crippen LogP contribution < -0.4 is 4.74 Å². The van der Waals surface area contributed by atoms with Gasteiger partial charge in [-0.3, -0.25) is 4.57 Å². The molecule has 0 unspecified atom stereocenters. The van der Waals surface area contributed by atoms with Crippen molar-refractivity contribution in [1.29, 1.82) is 0 Å². The molecule has 0 aliphatic rings. The van der Waals surface area contributed by atoms with Gasteiger partial charge in [0.25, 0.3) is 0 Å². The molecule has 0 saturated heterocycles. The summed E-state index contributed by atoms with van der Waals surface area (Å²) in [5, 5.41) is 2.34. The average Bonchev–Trinajstić information content (AvgIpc) is 3.09. The highest BCUT2D eigenvalue weighted by Gasteiger charge is 2.14. The van der Waals surface area contributed by atoms with Crippen molar-refractivity contribution in [2.45, 2.75) is 24.3 Å². The van der Waals surface area contributed by atoms with E-state index in [2.05, 4.69) is 23.6 Å². The summed E-state index contributed by atoms with van der Waals surface area (Å²) in [6.07, 6.45) is 0.986. The zero-order chi connectivity index (χ0) is 20.2. The highest BCUT2D eigenvalue weighted by molar-refractivity contribution is 7.98. The molecule has 156 valence electrons. The van der Waals surface area contributed by atoms with Gasteiger partial charge in [-0.05, 0) is 66.6 Å². The van der Waals surface area contributed by atoms with Gasteiger partial charge >= 0.3 is 0 Å². The molecule has 1 aromatic heterocycles. The van der Waals surface area contributed by atoms with Crippen LogP contribution in [0.5, 0.6) is 5.75 Å². The second-order valence-corrected chi connectivity index (χ2v) is 8.44. The van der Waals surface area contributed by atoms with Crippen molar-refractivity contribution >= 4 is 58.4 Å². The fraction of sp³-hybridized carbons (Fsp3) is 0.174. The Labute approximate surface area is 196 Å². The summed E-state index contributed by atoms with van der Waals surface area (Å²) < 4.78 is 7.88. The molecular weight excluding hydrogens is 459 g/mol. The standard InChI is InChI=1S/C23H20Cl2N2OS.ClH/c1-2-13-28-20-10-8-19(9-11-20)27-22-12-7-18(25)14-21(22)26-23(27)29-15-16-3-5-17(24)6-4-16;/h3-12,14H,2,13,15H2,1H3;1H. The maximum atomic E-state index is 6.20. The summed E-state index contributed by atoms with van der Waals surface area (Å²) in [5.74, 6) is 1.67. The normalized spacial score (nSPS) is 10.8. The molecule has 0 saturated carbocycles. The van der Waals surface area contributed by atoms with Gasteiger partial charge in [-0.15, -0.1) is 12.4 Å².